The molecule has 4 aromatic rings. The second-order valence-electron chi connectivity index (χ2n) is 12.0. The maximum absolute atomic E-state index is 13.5. The van der Waals surface area contributed by atoms with Gasteiger partial charge in [0.15, 0.2) is 0 Å². The molecule has 2 heterocycles. The third-order valence-electron chi connectivity index (χ3n) is 7.85. The van der Waals surface area contributed by atoms with Crippen molar-refractivity contribution in [2.45, 2.75) is 70.8 Å². The molecule has 0 spiro atoms. The number of pyridine rings is 1. The Kier molecular flexibility index (Phi) is 9.33. The summed E-state index contributed by atoms with van der Waals surface area (Å²) < 4.78 is 12.2. The van der Waals surface area contributed by atoms with Crippen molar-refractivity contribution in [3.63, 3.8) is 0 Å². The molecule has 1 N–H and O–H groups in total. The van der Waals surface area contributed by atoms with E-state index in [4.69, 9.17) is 14.5 Å². The fraction of sp³-hybridized carbons (Fsp3) is 0.382. The Labute approximate surface area is 260 Å². The molecule has 0 radical (unpaired) electrons. The summed E-state index contributed by atoms with van der Waals surface area (Å²) in [6.45, 7) is 6.58. The maximum Gasteiger partial charge on any atom is 0.328 e. The van der Waals surface area contributed by atoms with E-state index in [1.165, 1.54) is 36.9 Å². The minimum absolute atomic E-state index is 0.0737. The number of amides is 1. The summed E-state index contributed by atoms with van der Waals surface area (Å²) in [5.41, 5.74) is 2.50. The van der Waals surface area contributed by atoms with E-state index < -0.39 is 17.9 Å². The van der Waals surface area contributed by atoms with Crippen LogP contribution in [0.4, 0.5) is 0 Å². The van der Waals surface area contributed by atoms with E-state index in [-0.39, 0.29) is 5.41 Å². The molecule has 0 aliphatic heterocycles. The van der Waals surface area contributed by atoms with Gasteiger partial charge in [-0.05, 0) is 87.1 Å². The van der Waals surface area contributed by atoms with E-state index >= 15 is 0 Å². The van der Waals surface area contributed by atoms with Gasteiger partial charge in [0.05, 0.1) is 10.9 Å². The van der Waals surface area contributed by atoms with Gasteiger partial charge in [-0.25, -0.2) is 9.78 Å². The summed E-state index contributed by atoms with van der Waals surface area (Å²) in [6.07, 6.45) is 5.91. The van der Waals surface area contributed by atoms with E-state index in [0.29, 0.717) is 18.0 Å². The van der Waals surface area contributed by atoms with Crippen LogP contribution in [0.2, 0.25) is 0 Å². The van der Waals surface area contributed by atoms with Gasteiger partial charge in [0.2, 0.25) is 0 Å². The molecule has 220 valence electrons. The zero-order valence-corrected chi connectivity index (χ0v) is 26.9. The van der Waals surface area contributed by atoms with Gasteiger partial charge >= 0.3 is 5.97 Å². The largest absolute Gasteiger partial charge is 0.467 e. The summed E-state index contributed by atoms with van der Waals surface area (Å²) in [5.74, 6) is 1.15. The van der Waals surface area contributed by atoms with Crippen LogP contribution in [0.25, 0.3) is 10.8 Å². The highest BCUT2D eigenvalue weighted by Crippen LogP contribution is 2.33. The first-order chi connectivity index (χ1) is 20.1. The first-order valence-corrected chi connectivity index (χ1v) is 16.0. The fourth-order valence-corrected chi connectivity index (χ4v) is 7.04. The second-order valence-corrected chi connectivity index (χ2v) is 14.6. The van der Waals surface area contributed by atoms with Crippen molar-refractivity contribution in [2.75, 3.05) is 7.11 Å². The molecule has 1 aliphatic carbocycles. The molecule has 0 unspecified atom stereocenters. The molecule has 42 heavy (non-hydrogen) atoms. The van der Waals surface area contributed by atoms with Gasteiger partial charge in [-0.3, -0.25) is 4.79 Å². The number of nitrogens with zero attached hydrogens (tertiary/aromatic N) is 1. The van der Waals surface area contributed by atoms with Crippen LogP contribution in [0, 0.1) is 5.92 Å². The van der Waals surface area contributed by atoms with Crippen LogP contribution < -0.4 is 10.1 Å². The molecule has 1 saturated carbocycles. The van der Waals surface area contributed by atoms with Crippen molar-refractivity contribution < 1.29 is 19.1 Å². The average molecular weight is 650 g/mol. The lowest BCUT2D eigenvalue weighted by Crippen LogP contribution is -2.43. The number of nitrogens with one attached hydrogen (secondary N) is 1. The van der Waals surface area contributed by atoms with Gasteiger partial charge < -0.3 is 14.8 Å². The number of hydrogen-bond donors (Lipinski definition) is 1. The van der Waals surface area contributed by atoms with Crippen molar-refractivity contribution in [3.8, 4) is 11.5 Å². The van der Waals surface area contributed by atoms with Gasteiger partial charge in [-0.15, -0.1) is 11.3 Å². The highest BCUT2D eigenvalue weighted by molar-refractivity contribution is 9.11. The second kappa shape index (κ2) is 13.0. The zero-order chi connectivity index (χ0) is 29.9. The molecule has 0 bridgehead atoms. The van der Waals surface area contributed by atoms with Gasteiger partial charge in [0.25, 0.3) is 5.91 Å². The van der Waals surface area contributed by atoms with E-state index in [2.05, 4.69) is 54.2 Å². The summed E-state index contributed by atoms with van der Waals surface area (Å²) in [4.78, 5) is 31.9. The number of carbonyl (C=O) groups excluding carboxylic acids is 2. The number of fused-ring (bicyclic) bond motifs is 1. The Morgan fingerprint density at radius 3 is 2.38 bits per heavy atom. The van der Waals surface area contributed by atoms with Crippen molar-refractivity contribution in [3.05, 3.63) is 86.3 Å². The van der Waals surface area contributed by atoms with Crippen LogP contribution in [0.3, 0.4) is 0 Å². The lowest BCUT2D eigenvalue weighted by Gasteiger charge is -2.19. The van der Waals surface area contributed by atoms with Gasteiger partial charge in [0.1, 0.15) is 23.2 Å². The third kappa shape index (κ3) is 7.39. The molecular weight excluding hydrogens is 612 g/mol. The van der Waals surface area contributed by atoms with Crippen LogP contribution in [-0.4, -0.2) is 30.0 Å². The Morgan fingerprint density at radius 1 is 1.02 bits per heavy atom. The Bertz CT molecular complexity index is 1570. The monoisotopic (exact) mass is 648 g/mol. The molecule has 8 heteroatoms. The molecule has 0 saturated heterocycles. The molecule has 2 aromatic carbocycles. The topological polar surface area (TPSA) is 77.5 Å². The zero-order valence-electron chi connectivity index (χ0n) is 24.5. The normalized spacial score (nSPS) is 14.6. The Balaban J connectivity index is 1.43. The predicted octanol–water partition coefficient (Wildman–Crippen LogP) is 8.40. The summed E-state index contributed by atoms with van der Waals surface area (Å²) >= 11 is 4.98. The molecule has 1 atom stereocenters. The van der Waals surface area contributed by atoms with E-state index in [9.17, 15) is 9.59 Å². The molecule has 2 aromatic heterocycles. The van der Waals surface area contributed by atoms with Gasteiger partial charge in [0, 0.05) is 22.4 Å². The maximum atomic E-state index is 13.5. The molecule has 1 amide bonds. The minimum Gasteiger partial charge on any atom is -0.467 e. The van der Waals surface area contributed by atoms with Crippen molar-refractivity contribution in [1.82, 2.24) is 10.3 Å². The van der Waals surface area contributed by atoms with Crippen LogP contribution in [0.5, 0.6) is 11.5 Å². The molecular formula is C34H37BrN2O4S. The first-order valence-electron chi connectivity index (χ1n) is 14.4. The lowest BCUT2D eigenvalue weighted by molar-refractivity contribution is -0.142. The minimum atomic E-state index is -0.815. The fourth-order valence-electron chi connectivity index (χ4n) is 5.51. The standard InChI is InChI=1S/C34H37BrN2O4S/c1-34(2,3)23-10-13-24(14-11-23)41-25-12-9-22-18-29(36-28(27(22)19-25)17-21-7-5-6-8-21)32(38)37-30(33(39)40-4)20-26-15-16-31(35)42-26/h9-16,18-19,21,30H,5-8,17,20H2,1-4H3,(H,37,38)/t30-/m0/s1. The van der Waals surface area contributed by atoms with E-state index in [1.54, 1.807) is 6.07 Å². The number of benzene rings is 2. The van der Waals surface area contributed by atoms with Crippen molar-refractivity contribution >= 4 is 49.9 Å². The first kappa shape index (κ1) is 30.2. The molecule has 6 nitrogen and oxygen atoms in total. The summed E-state index contributed by atoms with van der Waals surface area (Å²) in [5, 5.41) is 4.77. The number of carbonyl (C=O) groups is 2. The number of hydrogen-bond acceptors (Lipinski definition) is 6. The smallest absolute Gasteiger partial charge is 0.328 e. The van der Waals surface area contributed by atoms with Crippen LogP contribution >= 0.6 is 27.3 Å². The number of halogens is 1. The lowest BCUT2D eigenvalue weighted by atomic mass is 9.87. The summed E-state index contributed by atoms with van der Waals surface area (Å²) in [6, 6.07) is 19.0. The predicted molar refractivity (Wildman–Crippen MR) is 172 cm³/mol. The highest BCUT2D eigenvalue weighted by atomic mass is 79.9. The quantitative estimate of drug-likeness (QED) is 0.184. The number of thiophene rings is 1. The molecule has 1 fully saturated rings. The number of ether oxygens (including phenoxy) is 2. The third-order valence-corrected chi connectivity index (χ3v) is 9.50. The van der Waals surface area contributed by atoms with Crippen LogP contribution in [0.1, 0.15) is 73.1 Å². The number of esters is 1. The average Bonchev–Trinajstić information content (AvgIpc) is 3.63. The van der Waals surface area contributed by atoms with Gasteiger partial charge in [-0.1, -0.05) is 64.7 Å². The van der Waals surface area contributed by atoms with E-state index in [1.807, 2.05) is 42.5 Å². The van der Waals surface area contributed by atoms with Crippen LogP contribution in [0.15, 0.2) is 64.5 Å². The Morgan fingerprint density at radius 2 is 1.74 bits per heavy atom. The van der Waals surface area contributed by atoms with Crippen molar-refractivity contribution in [2.24, 2.45) is 5.92 Å². The highest BCUT2D eigenvalue weighted by Gasteiger charge is 2.25. The van der Waals surface area contributed by atoms with Crippen LogP contribution in [-0.2, 0) is 27.8 Å². The van der Waals surface area contributed by atoms with Crippen molar-refractivity contribution in [1.29, 1.82) is 0 Å². The number of methoxy groups -OCH3 is 1. The number of aromatic nitrogens is 1. The SMILES string of the molecule is COC(=O)[C@H](Cc1ccc(Br)s1)NC(=O)c1cc2ccc(Oc3ccc(C(C)(C)C)cc3)cc2c(CC2CCCC2)n1. The molecule has 1 aliphatic rings. The van der Waals surface area contributed by atoms with E-state index in [0.717, 1.165) is 55.9 Å². The summed E-state index contributed by atoms with van der Waals surface area (Å²) in [7, 11) is 1.33. The Hall–Kier alpha value is -3.23. The number of rotatable bonds is 9. The molecule has 5 rings (SSSR count). The van der Waals surface area contributed by atoms with Gasteiger partial charge in [-0.2, -0.15) is 0 Å².